The highest BCUT2D eigenvalue weighted by Gasteiger charge is 2.20. The molecule has 1 unspecified atom stereocenters. The molecule has 1 aromatic heterocycles. The summed E-state index contributed by atoms with van der Waals surface area (Å²) in [7, 11) is 0. The van der Waals surface area contributed by atoms with E-state index in [1.54, 1.807) is 6.20 Å². The van der Waals surface area contributed by atoms with E-state index in [-0.39, 0.29) is 11.9 Å². The standard InChI is InChI=1S/C9H13N3O2S/c13-9(7-6-14-3-1-10-7)12-5-8-11-2-4-15-8/h2,4,7,10H,1,3,5-6H2,(H,12,13). The summed E-state index contributed by atoms with van der Waals surface area (Å²) in [4.78, 5) is 15.7. The Balaban J connectivity index is 1.76. The number of aromatic nitrogens is 1. The van der Waals surface area contributed by atoms with E-state index in [9.17, 15) is 4.79 Å². The van der Waals surface area contributed by atoms with Crippen LogP contribution in [-0.2, 0) is 16.1 Å². The number of carbonyl (C=O) groups is 1. The smallest absolute Gasteiger partial charge is 0.239 e. The predicted octanol–water partition coefficient (Wildman–Crippen LogP) is -0.252. The van der Waals surface area contributed by atoms with Gasteiger partial charge in [0.2, 0.25) is 5.91 Å². The molecule has 0 saturated carbocycles. The minimum atomic E-state index is -0.223. The van der Waals surface area contributed by atoms with Crippen molar-refractivity contribution in [1.29, 1.82) is 0 Å². The maximum absolute atomic E-state index is 11.6. The molecule has 0 aliphatic carbocycles. The fourth-order valence-electron chi connectivity index (χ4n) is 1.36. The highest BCUT2D eigenvalue weighted by molar-refractivity contribution is 7.09. The van der Waals surface area contributed by atoms with Crippen molar-refractivity contribution in [3.63, 3.8) is 0 Å². The first-order valence-corrected chi connectivity index (χ1v) is 5.71. The fourth-order valence-corrected chi connectivity index (χ4v) is 1.92. The van der Waals surface area contributed by atoms with E-state index in [0.717, 1.165) is 11.6 Å². The molecule has 1 saturated heterocycles. The first-order chi connectivity index (χ1) is 7.36. The van der Waals surface area contributed by atoms with E-state index in [2.05, 4.69) is 15.6 Å². The number of hydrogen-bond donors (Lipinski definition) is 2. The number of nitrogens with one attached hydrogen (secondary N) is 2. The van der Waals surface area contributed by atoms with Crippen LogP contribution in [0.1, 0.15) is 5.01 Å². The van der Waals surface area contributed by atoms with E-state index in [1.165, 1.54) is 11.3 Å². The number of rotatable bonds is 3. The summed E-state index contributed by atoms with van der Waals surface area (Å²) in [6.07, 6.45) is 1.73. The molecule has 1 fully saturated rings. The minimum absolute atomic E-state index is 0.0232. The third kappa shape index (κ3) is 2.98. The topological polar surface area (TPSA) is 63.2 Å². The molecule has 2 rings (SSSR count). The molecule has 0 spiro atoms. The van der Waals surface area contributed by atoms with Gasteiger partial charge in [-0.05, 0) is 0 Å². The Kier molecular flexibility index (Phi) is 3.65. The summed E-state index contributed by atoms with van der Waals surface area (Å²) < 4.78 is 5.20. The second-order valence-electron chi connectivity index (χ2n) is 3.23. The Morgan fingerprint density at radius 1 is 1.80 bits per heavy atom. The maximum atomic E-state index is 11.6. The Labute approximate surface area is 91.9 Å². The molecule has 82 valence electrons. The number of hydrogen-bond acceptors (Lipinski definition) is 5. The minimum Gasteiger partial charge on any atom is -0.378 e. The third-order valence-corrected chi connectivity index (χ3v) is 2.92. The van der Waals surface area contributed by atoms with Crippen molar-refractivity contribution < 1.29 is 9.53 Å². The van der Waals surface area contributed by atoms with Crippen molar-refractivity contribution in [2.24, 2.45) is 0 Å². The van der Waals surface area contributed by atoms with Crippen LogP contribution in [0.2, 0.25) is 0 Å². The van der Waals surface area contributed by atoms with Crippen LogP contribution in [-0.4, -0.2) is 36.7 Å². The zero-order valence-electron chi connectivity index (χ0n) is 8.23. The molecule has 5 nitrogen and oxygen atoms in total. The molecule has 2 heterocycles. The van der Waals surface area contributed by atoms with Crippen LogP contribution >= 0.6 is 11.3 Å². The van der Waals surface area contributed by atoms with Crippen molar-refractivity contribution in [2.75, 3.05) is 19.8 Å². The van der Waals surface area contributed by atoms with Crippen molar-refractivity contribution in [1.82, 2.24) is 15.6 Å². The maximum Gasteiger partial charge on any atom is 0.239 e. The monoisotopic (exact) mass is 227 g/mol. The molecule has 0 bridgehead atoms. The number of thiazole rings is 1. The van der Waals surface area contributed by atoms with Gasteiger partial charge in [0.25, 0.3) is 0 Å². The first-order valence-electron chi connectivity index (χ1n) is 4.83. The summed E-state index contributed by atoms with van der Waals surface area (Å²) in [5.41, 5.74) is 0. The largest absolute Gasteiger partial charge is 0.378 e. The van der Waals surface area contributed by atoms with Gasteiger partial charge in [-0.15, -0.1) is 11.3 Å². The van der Waals surface area contributed by atoms with E-state index < -0.39 is 0 Å². The lowest BCUT2D eigenvalue weighted by Gasteiger charge is -2.22. The molecular formula is C9H13N3O2S. The first kappa shape index (κ1) is 10.5. The van der Waals surface area contributed by atoms with Crippen LogP contribution in [0.15, 0.2) is 11.6 Å². The molecule has 1 atom stereocenters. The Bertz CT molecular complexity index is 309. The molecular weight excluding hydrogens is 214 g/mol. The molecule has 0 radical (unpaired) electrons. The van der Waals surface area contributed by atoms with Gasteiger partial charge in [-0.3, -0.25) is 4.79 Å². The van der Waals surface area contributed by atoms with Crippen LogP contribution in [0.3, 0.4) is 0 Å². The van der Waals surface area contributed by atoms with Gasteiger partial charge in [0.15, 0.2) is 0 Å². The molecule has 1 aliphatic rings. The van der Waals surface area contributed by atoms with Crippen molar-refractivity contribution in [2.45, 2.75) is 12.6 Å². The Morgan fingerprint density at radius 3 is 3.40 bits per heavy atom. The van der Waals surface area contributed by atoms with E-state index in [0.29, 0.717) is 19.8 Å². The van der Waals surface area contributed by atoms with E-state index in [1.807, 2.05) is 5.38 Å². The normalized spacial score (nSPS) is 21.2. The third-order valence-electron chi connectivity index (χ3n) is 2.14. The molecule has 2 N–H and O–H groups in total. The summed E-state index contributed by atoms with van der Waals surface area (Å²) in [5.74, 6) is -0.0232. The van der Waals surface area contributed by atoms with Gasteiger partial charge in [0.05, 0.1) is 19.8 Å². The molecule has 1 aliphatic heterocycles. The lowest BCUT2D eigenvalue weighted by atomic mass is 10.2. The summed E-state index contributed by atoms with van der Waals surface area (Å²) >= 11 is 1.53. The molecule has 1 amide bonds. The fraction of sp³-hybridized carbons (Fsp3) is 0.556. The number of amides is 1. The predicted molar refractivity (Wildman–Crippen MR) is 56.6 cm³/mol. The van der Waals surface area contributed by atoms with Crippen LogP contribution in [0, 0.1) is 0 Å². The van der Waals surface area contributed by atoms with E-state index in [4.69, 9.17) is 4.74 Å². The second kappa shape index (κ2) is 5.20. The van der Waals surface area contributed by atoms with Gasteiger partial charge in [-0.1, -0.05) is 0 Å². The molecule has 0 aromatic carbocycles. The number of ether oxygens (including phenoxy) is 1. The SMILES string of the molecule is O=C(NCc1nccs1)C1COCCN1. The lowest BCUT2D eigenvalue weighted by molar-refractivity contribution is -0.126. The number of morpholine rings is 1. The average Bonchev–Trinajstić information content (AvgIpc) is 2.80. The Hall–Kier alpha value is -0.980. The van der Waals surface area contributed by atoms with Crippen LogP contribution in [0.4, 0.5) is 0 Å². The summed E-state index contributed by atoms with van der Waals surface area (Å²) in [5, 5.41) is 8.73. The van der Waals surface area contributed by atoms with Crippen LogP contribution in [0.25, 0.3) is 0 Å². The van der Waals surface area contributed by atoms with Crippen LogP contribution in [0.5, 0.6) is 0 Å². The van der Waals surface area contributed by atoms with Crippen molar-refractivity contribution >= 4 is 17.2 Å². The lowest BCUT2D eigenvalue weighted by Crippen LogP contribution is -2.51. The van der Waals surface area contributed by atoms with Crippen molar-refractivity contribution in [3.8, 4) is 0 Å². The molecule has 15 heavy (non-hydrogen) atoms. The summed E-state index contributed by atoms with van der Waals surface area (Å²) in [6, 6.07) is -0.223. The quantitative estimate of drug-likeness (QED) is 0.747. The van der Waals surface area contributed by atoms with Crippen molar-refractivity contribution in [3.05, 3.63) is 16.6 Å². The molecule has 6 heteroatoms. The number of carbonyl (C=O) groups excluding carboxylic acids is 1. The Morgan fingerprint density at radius 2 is 2.73 bits per heavy atom. The van der Waals surface area contributed by atoms with Gasteiger partial charge in [-0.2, -0.15) is 0 Å². The number of nitrogens with zero attached hydrogens (tertiary/aromatic N) is 1. The highest BCUT2D eigenvalue weighted by Crippen LogP contribution is 2.03. The van der Waals surface area contributed by atoms with Gasteiger partial charge in [0.1, 0.15) is 11.0 Å². The highest BCUT2D eigenvalue weighted by atomic mass is 32.1. The van der Waals surface area contributed by atoms with Gasteiger partial charge < -0.3 is 15.4 Å². The summed E-state index contributed by atoms with van der Waals surface area (Å²) in [6.45, 7) is 2.35. The van der Waals surface area contributed by atoms with Gasteiger partial charge in [0, 0.05) is 18.1 Å². The zero-order chi connectivity index (χ0) is 10.5. The average molecular weight is 227 g/mol. The van der Waals surface area contributed by atoms with Crippen LogP contribution < -0.4 is 10.6 Å². The second-order valence-corrected chi connectivity index (χ2v) is 4.20. The zero-order valence-corrected chi connectivity index (χ0v) is 9.05. The van der Waals surface area contributed by atoms with E-state index >= 15 is 0 Å². The van der Waals surface area contributed by atoms with Gasteiger partial charge >= 0.3 is 0 Å². The van der Waals surface area contributed by atoms with Gasteiger partial charge in [-0.25, -0.2) is 4.98 Å². The molecule has 1 aromatic rings.